The van der Waals surface area contributed by atoms with Crippen molar-refractivity contribution in [3.05, 3.63) is 88.2 Å². The number of benzene rings is 2. The lowest BCUT2D eigenvalue weighted by molar-refractivity contribution is -0.132. The third-order valence-electron chi connectivity index (χ3n) is 4.92. The van der Waals surface area contributed by atoms with E-state index in [-0.39, 0.29) is 17.2 Å². The molecule has 0 fully saturated rings. The Balaban J connectivity index is 1.69. The van der Waals surface area contributed by atoms with Gasteiger partial charge in [0.2, 0.25) is 0 Å². The minimum Gasteiger partial charge on any atom is -0.477 e. The summed E-state index contributed by atoms with van der Waals surface area (Å²) in [4.78, 5) is 24.6. The fourth-order valence-electron chi connectivity index (χ4n) is 3.34. The molecular weight excluding hydrogens is 404 g/mol. The summed E-state index contributed by atoms with van der Waals surface area (Å²) in [6.07, 6.45) is 3.87. The molecule has 7 nitrogen and oxygen atoms in total. The monoisotopic (exact) mass is 422 g/mol. The number of allylic oxidation sites excluding steroid dienone is 1. The van der Waals surface area contributed by atoms with Gasteiger partial charge in [-0.15, -0.1) is 0 Å². The summed E-state index contributed by atoms with van der Waals surface area (Å²) in [5.74, 6) is -1.21. The van der Waals surface area contributed by atoms with E-state index in [1.54, 1.807) is 29.0 Å². The summed E-state index contributed by atoms with van der Waals surface area (Å²) in [6, 6.07) is 14.1. The zero-order valence-corrected chi connectivity index (χ0v) is 16.8. The Morgan fingerprint density at radius 2 is 2.00 bits per heavy atom. The molecule has 2 aromatic carbocycles. The molecule has 0 unspecified atom stereocenters. The maximum absolute atomic E-state index is 12.9. The number of aryl methyl sites for hydroxylation is 1. The molecule has 0 saturated carbocycles. The standard InChI is InChI=1S/C22H19ClN4O3/c1-2-13-6-8-16(9-7-13)25-21(28)17-12-24-27-19(14-4-3-5-15(23)10-14)11-18(22(29)30)26-20(17)27/h3-12,19,26H,2H2,1H3,(H,25,28)(H,29,30)/t19-/m1/s1. The number of aliphatic carboxylic acids is 1. The van der Waals surface area contributed by atoms with E-state index in [9.17, 15) is 14.7 Å². The van der Waals surface area contributed by atoms with Gasteiger partial charge in [-0.05, 0) is 47.9 Å². The number of halogens is 1. The van der Waals surface area contributed by atoms with E-state index in [2.05, 4.69) is 22.7 Å². The molecule has 0 spiro atoms. The van der Waals surface area contributed by atoms with Crippen LogP contribution in [0.15, 0.2) is 66.5 Å². The smallest absolute Gasteiger partial charge is 0.352 e. The first-order chi connectivity index (χ1) is 14.5. The number of rotatable bonds is 5. The van der Waals surface area contributed by atoms with Crippen molar-refractivity contribution in [3.63, 3.8) is 0 Å². The molecule has 152 valence electrons. The Hall–Kier alpha value is -3.58. The number of hydrogen-bond acceptors (Lipinski definition) is 4. The Bertz CT molecular complexity index is 1150. The van der Waals surface area contributed by atoms with Crippen molar-refractivity contribution in [2.75, 3.05) is 10.6 Å². The third kappa shape index (κ3) is 3.79. The molecule has 3 N–H and O–H groups in total. The van der Waals surface area contributed by atoms with Crippen molar-refractivity contribution in [1.82, 2.24) is 9.78 Å². The minimum atomic E-state index is -1.13. The van der Waals surface area contributed by atoms with E-state index in [0.29, 0.717) is 16.5 Å². The van der Waals surface area contributed by atoms with E-state index >= 15 is 0 Å². The lowest BCUT2D eigenvalue weighted by Crippen LogP contribution is -2.25. The van der Waals surface area contributed by atoms with E-state index in [1.165, 1.54) is 6.20 Å². The van der Waals surface area contributed by atoms with Crippen LogP contribution in [0.4, 0.5) is 11.5 Å². The lowest BCUT2D eigenvalue weighted by atomic mass is 10.0. The first-order valence-corrected chi connectivity index (χ1v) is 9.79. The van der Waals surface area contributed by atoms with Crippen LogP contribution in [0.5, 0.6) is 0 Å². The van der Waals surface area contributed by atoms with Crippen molar-refractivity contribution >= 4 is 35.0 Å². The average Bonchev–Trinajstić information content (AvgIpc) is 3.17. The van der Waals surface area contributed by atoms with E-state index in [4.69, 9.17) is 11.6 Å². The molecule has 1 amide bonds. The van der Waals surface area contributed by atoms with Gasteiger partial charge in [-0.1, -0.05) is 42.8 Å². The van der Waals surface area contributed by atoms with Crippen LogP contribution in [0.1, 0.15) is 34.5 Å². The second kappa shape index (κ2) is 8.04. The number of anilines is 2. The molecule has 0 radical (unpaired) electrons. The highest BCUT2D eigenvalue weighted by molar-refractivity contribution is 6.30. The largest absolute Gasteiger partial charge is 0.477 e. The molecular formula is C22H19ClN4O3. The molecule has 2 heterocycles. The minimum absolute atomic E-state index is 0.0330. The third-order valence-corrected chi connectivity index (χ3v) is 5.16. The van der Waals surface area contributed by atoms with Gasteiger partial charge in [0.15, 0.2) is 0 Å². The summed E-state index contributed by atoms with van der Waals surface area (Å²) in [7, 11) is 0. The number of nitrogens with zero attached hydrogens (tertiary/aromatic N) is 2. The molecule has 0 saturated heterocycles. The van der Waals surface area contributed by atoms with Gasteiger partial charge in [-0.2, -0.15) is 5.10 Å². The van der Waals surface area contributed by atoms with Gasteiger partial charge in [0.05, 0.1) is 12.2 Å². The molecule has 1 atom stereocenters. The summed E-state index contributed by atoms with van der Waals surface area (Å²) >= 11 is 6.11. The molecule has 0 bridgehead atoms. The van der Waals surface area contributed by atoms with Crippen molar-refractivity contribution < 1.29 is 14.7 Å². The van der Waals surface area contributed by atoms with Gasteiger partial charge < -0.3 is 15.7 Å². The van der Waals surface area contributed by atoms with Crippen molar-refractivity contribution in [2.45, 2.75) is 19.4 Å². The normalized spacial score (nSPS) is 15.0. The predicted molar refractivity (Wildman–Crippen MR) is 115 cm³/mol. The van der Waals surface area contributed by atoms with Gasteiger partial charge in [0, 0.05) is 10.7 Å². The maximum Gasteiger partial charge on any atom is 0.352 e. The second-order valence-electron chi connectivity index (χ2n) is 6.87. The predicted octanol–water partition coefficient (Wildman–Crippen LogP) is 4.33. The van der Waals surface area contributed by atoms with Crippen LogP contribution in [0.25, 0.3) is 0 Å². The summed E-state index contributed by atoms with van der Waals surface area (Å²) in [6.45, 7) is 2.06. The van der Waals surface area contributed by atoms with Gasteiger partial charge in [-0.3, -0.25) is 4.79 Å². The Morgan fingerprint density at radius 1 is 1.23 bits per heavy atom. The van der Waals surface area contributed by atoms with Gasteiger partial charge in [-0.25, -0.2) is 9.48 Å². The molecule has 1 aromatic heterocycles. The fraction of sp³-hybridized carbons (Fsp3) is 0.136. The summed E-state index contributed by atoms with van der Waals surface area (Å²) < 4.78 is 1.58. The van der Waals surface area contributed by atoms with E-state index in [0.717, 1.165) is 17.5 Å². The molecule has 3 aromatic rings. The quantitative estimate of drug-likeness (QED) is 0.568. The van der Waals surface area contributed by atoms with Crippen molar-refractivity contribution in [2.24, 2.45) is 0 Å². The first kappa shape index (κ1) is 19.7. The van der Waals surface area contributed by atoms with Gasteiger partial charge >= 0.3 is 5.97 Å². The second-order valence-corrected chi connectivity index (χ2v) is 7.30. The molecule has 30 heavy (non-hydrogen) atoms. The number of hydrogen-bond donors (Lipinski definition) is 3. The van der Waals surface area contributed by atoms with E-state index in [1.807, 2.05) is 30.3 Å². The molecule has 1 aliphatic heterocycles. The summed E-state index contributed by atoms with van der Waals surface area (Å²) in [5, 5.41) is 20.1. The maximum atomic E-state index is 12.9. The number of amides is 1. The fourth-order valence-corrected chi connectivity index (χ4v) is 3.54. The Labute approximate surface area is 178 Å². The number of aromatic nitrogens is 2. The highest BCUT2D eigenvalue weighted by Crippen LogP contribution is 2.33. The van der Waals surface area contributed by atoms with Gasteiger partial charge in [0.1, 0.15) is 17.1 Å². The zero-order valence-electron chi connectivity index (χ0n) is 16.1. The van der Waals surface area contributed by atoms with Crippen molar-refractivity contribution in [1.29, 1.82) is 0 Å². The van der Waals surface area contributed by atoms with Crippen molar-refractivity contribution in [3.8, 4) is 0 Å². The first-order valence-electron chi connectivity index (χ1n) is 9.41. The van der Waals surface area contributed by atoms with E-state index < -0.39 is 12.0 Å². The SMILES string of the molecule is CCc1ccc(NC(=O)c2cnn3c2NC(C(=O)O)=C[C@@H]3c2cccc(Cl)c2)cc1. The van der Waals surface area contributed by atoms with Crippen LogP contribution in [-0.2, 0) is 11.2 Å². The number of carbonyl (C=O) groups is 2. The average molecular weight is 423 g/mol. The highest BCUT2D eigenvalue weighted by Gasteiger charge is 2.29. The molecule has 8 heteroatoms. The number of fused-ring (bicyclic) bond motifs is 1. The van der Waals surface area contributed by atoms with Crippen LogP contribution in [-0.4, -0.2) is 26.8 Å². The molecule has 0 aliphatic carbocycles. The number of carbonyl (C=O) groups excluding carboxylic acids is 1. The Kier molecular flexibility index (Phi) is 5.29. The highest BCUT2D eigenvalue weighted by atomic mass is 35.5. The topological polar surface area (TPSA) is 96.3 Å². The van der Waals surface area contributed by atoms with Crippen LogP contribution >= 0.6 is 11.6 Å². The number of nitrogens with one attached hydrogen (secondary N) is 2. The number of carboxylic acids is 1. The Morgan fingerprint density at radius 3 is 2.67 bits per heavy atom. The number of carboxylic acid groups (broad SMARTS) is 1. The van der Waals surface area contributed by atoms with Gasteiger partial charge in [0.25, 0.3) is 5.91 Å². The lowest BCUT2D eigenvalue weighted by Gasteiger charge is -2.24. The zero-order chi connectivity index (χ0) is 21.3. The summed E-state index contributed by atoms with van der Waals surface area (Å²) in [5.41, 5.74) is 2.78. The van der Waals surface area contributed by atoms with Crippen LogP contribution in [0.2, 0.25) is 5.02 Å². The molecule has 1 aliphatic rings. The van der Waals surface area contributed by atoms with Crippen LogP contribution in [0.3, 0.4) is 0 Å². The van der Waals surface area contributed by atoms with Crippen LogP contribution in [0, 0.1) is 0 Å². The van der Waals surface area contributed by atoms with Crippen LogP contribution < -0.4 is 10.6 Å². The molecule has 4 rings (SSSR count).